The van der Waals surface area contributed by atoms with Crippen LogP contribution in [0.2, 0.25) is 0 Å². The van der Waals surface area contributed by atoms with Crippen molar-refractivity contribution in [3.05, 3.63) is 70.0 Å². The smallest absolute Gasteiger partial charge is 0.131 e. The van der Waals surface area contributed by atoms with Crippen molar-refractivity contribution in [1.29, 1.82) is 0 Å². The molecule has 2 heteroatoms. The zero-order valence-electron chi connectivity index (χ0n) is 11.7. The Kier molecular flexibility index (Phi) is 3.58. The van der Waals surface area contributed by atoms with Crippen molar-refractivity contribution < 1.29 is 9.50 Å². The third-order valence-corrected chi connectivity index (χ3v) is 4.17. The molecule has 2 aromatic rings. The highest BCUT2D eigenvalue weighted by Crippen LogP contribution is 2.27. The second-order valence-electron chi connectivity index (χ2n) is 5.65. The molecule has 0 radical (unpaired) electrons. The molecule has 0 fully saturated rings. The van der Waals surface area contributed by atoms with E-state index >= 15 is 0 Å². The van der Waals surface area contributed by atoms with Gasteiger partial charge in [-0.2, -0.15) is 0 Å². The molecule has 1 aliphatic rings. The van der Waals surface area contributed by atoms with Crippen molar-refractivity contribution in [2.24, 2.45) is 0 Å². The van der Waals surface area contributed by atoms with Crippen LogP contribution in [0.3, 0.4) is 0 Å². The van der Waals surface area contributed by atoms with Crippen LogP contribution < -0.4 is 0 Å². The van der Waals surface area contributed by atoms with E-state index in [4.69, 9.17) is 0 Å². The lowest BCUT2D eigenvalue weighted by molar-refractivity contribution is 0.173. The Balaban J connectivity index is 1.82. The van der Waals surface area contributed by atoms with E-state index in [2.05, 4.69) is 18.2 Å². The van der Waals surface area contributed by atoms with Crippen LogP contribution in [0, 0.1) is 12.7 Å². The van der Waals surface area contributed by atoms with Crippen LogP contribution in [0.15, 0.2) is 36.4 Å². The fourth-order valence-electron chi connectivity index (χ4n) is 3.01. The number of hydrogen-bond donors (Lipinski definition) is 1. The maximum atomic E-state index is 14.0. The molecule has 1 N–H and O–H groups in total. The van der Waals surface area contributed by atoms with Crippen LogP contribution in [-0.2, 0) is 19.3 Å². The number of halogens is 1. The summed E-state index contributed by atoms with van der Waals surface area (Å²) in [7, 11) is 0. The normalized spacial score (nSPS) is 15.2. The van der Waals surface area contributed by atoms with E-state index in [-0.39, 0.29) is 5.82 Å². The van der Waals surface area contributed by atoms with Gasteiger partial charge < -0.3 is 5.11 Å². The minimum Gasteiger partial charge on any atom is -0.388 e. The van der Waals surface area contributed by atoms with E-state index in [0.717, 1.165) is 18.4 Å². The van der Waals surface area contributed by atoms with Crippen LogP contribution in [0.4, 0.5) is 4.39 Å². The summed E-state index contributed by atoms with van der Waals surface area (Å²) in [6.07, 6.45) is 3.18. The summed E-state index contributed by atoms with van der Waals surface area (Å²) in [6.45, 7) is 1.72. The Hall–Kier alpha value is -1.67. The van der Waals surface area contributed by atoms with E-state index in [9.17, 15) is 9.50 Å². The van der Waals surface area contributed by atoms with Crippen molar-refractivity contribution in [3.8, 4) is 0 Å². The predicted molar refractivity (Wildman–Crippen MR) is 78.3 cm³/mol. The lowest BCUT2D eigenvalue weighted by Crippen LogP contribution is -2.05. The van der Waals surface area contributed by atoms with E-state index in [1.807, 2.05) is 0 Å². The number of hydrogen-bond acceptors (Lipinski definition) is 1. The Labute approximate surface area is 119 Å². The van der Waals surface area contributed by atoms with Crippen LogP contribution in [0.5, 0.6) is 0 Å². The maximum absolute atomic E-state index is 14.0. The first kappa shape index (κ1) is 13.3. The molecule has 0 amide bonds. The summed E-state index contributed by atoms with van der Waals surface area (Å²) >= 11 is 0. The van der Waals surface area contributed by atoms with Gasteiger partial charge in [-0.15, -0.1) is 0 Å². The molecule has 20 heavy (non-hydrogen) atoms. The van der Waals surface area contributed by atoms with Crippen LogP contribution >= 0.6 is 0 Å². The molecule has 0 heterocycles. The predicted octanol–water partition coefficient (Wildman–Crippen LogP) is 3.90. The zero-order valence-corrected chi connectivity index (χ0v) is 11.7. The van der Waals surface area contributed by atoms with Gasteiger partial charge in [-0.25, -0.2) is 4.39 Å². The Morgan fingerprint density at radius 1 is 1.15 bits per heavy atom. The van der Waals surface area contributed by atoms with E-state index in [0.29, 0.717) is 17.5 Å². The number of fused-ring (bicyclic) bond motifs is 1. The summed E-state index contributed by atoms with van der Waals surface area (Å²) in [5.74, 6) is -0.291. The largest absolute Gasteiger partial charge is 0.388 e. The Morgan fingerprint density at radius 2 is 1.95 bits per heavy atom. The lowest BCUT2D eigenvalue weighted by Gasteiger charge is -2.14. The summed E-state index contributed by atoms with van der Waals surface area (Å²) in [6, 6.07) is 11.6. The van der Waals surface area contributed by atoms with Crippen LogP contribution in [0.25, 0.3) is 0 Å². The van der Waals surface area contributed by atoms with Gasteiger partial charge in [0.2, 0.25) is 0 Å². The highest BCUT2D eigenvalue weighted by molar-refractivity contribution is 5.36. The molecule has 0 aliphatic heterocycles. The SMILES string of the molecule is Cc1cccc(C(O)Cc2ccc3c(c2)CCC3)c1F. The second-order valence-corrected chi connectivity index (χ2v) is 5.65. The van der Waals surface area contributed by atoms with Crippen LogP contribution in [-0.4, -0.2) is 5.11 Å². The fourth-order valence-corrected chi connectivity index (χ4v) is 3.01. The highest BCUT2D eigenvalue weighted by Gasteiger charge is 2.16. The molecule has 1 aliphatic carbocycles. The quantitative estimate of drug-likeness (QED) is 0.897. The summed E-state index contributed by atoms with van der Waals surface area (Å²) in [5, 5.41) is 10.3. The standard InChI is InChI=1S/C18H19FO/c1-12-4-2-7-16(18(12)19)17(20)11-13-8-9-14-5-3-6-15(14)10-13/h2,4,7-10,17,20H,3,5-6,11H2,1H3. The van der Waals surface area contributed by atoms with Gasteiger partial charge in [-0.3, -0.25) is 0 Å². The van der Waals surface area contributed by atoms with Gasteiger partial charge in [0.05, 0.1) is 6.10 Å². The van der Waals surface area contributed by atoms with Gasteiger partial charge in [0.25, 0.3) is 0 Å². The third kappa shape index (κ3) is 2.48. The third-order valence-electron chi connectivity index (χ3n) is 4.17. The van der Waals surface area contributed by atoms with Crippen molar-refractivity contribution in [2.75, 3.05) is 0 Å². The molecule has 0 aromatic heterocycles. The minimum absolute atomic E-state index is 0.291. The molecular formula is C18H19FO. The number of rotatable bonds is 3. The number of aryl methyl sites for hydroxylation is 3. The molecule has 1 unspecified atom stereocenters. The average molecular weight is 270 g/mol. The van der Waals surface area contributed by atoms with Crippen LogP contribution in [0.1, 0.15) is 40.3 Å². The van der Waals surface area contributed by atoms with Gasteiger partial charge in [-0.1, -0.05) is 36.4 Å². The van der Waals surface area contributed by atoms with E-state index in [1.54, 1.807) is 25.1 Å². The Morgan fingerprint density at radius 3 is 2.80 bits per heavy atom. The molecular weight excluding hydrogens is 251 g/mol. The van der Waals surface area contributed by atoms with E-state index in [1.165, 1.54) is 17.5 Å². The minimum atomic E-state index is -0.783. The fraction of sp³-hybridized carbons (Fsp3) is 0.333. The molecule has 3 rings (SSSR count). The van der Waals surface area contributed by atoms with Crippen molar-refractivity contribution >= 4 is 0 Å². The highest BCUT2D eigenvalue weighted by atomic mass is 19.1. The van der Waals surface area contributed by atoms with Gasteiger partial charge in [0, 0.05) is 12.0 Å². The molecule has 0 spiro atoms. The van der Waals surface area contributed by atoms with E-state index < -0.39 is 6.10 Å². The number of aliphatic hydroxyl groups is 1. The molecule has 0 bridgehead atoms. The Bertz CT molecular complexity index is 633. The summed E-state index contributed by atoms with van der Waals surface area (Å²) in [4.78, 5) is 0. The van der Waals surface area contributed by atoms with Crippen molar-refractivity contribution in [2.45, 2.75) is 38.7 Å². The maximum Gasteiger partial charge on any atom is 0.131 e. The van der Waals surface area contributed by atoms with Gasteiger partial charge in [-0.05, 0) is 48.4 Å². The molecule has 1 atom stereocenters. The molecule has 0 saturated carbocycles. The zero-order chi connectivity index (χ0) is 14.1. The van der Waals surface area contributed by atoms with Crippen molar-refractivity contribution in [3.63, 3.8) is 0 Å². The first-order chi connectivity index (χ1) is 9.65. The van der Waals surface area contributed by atoms with Gasteiger partial charge in [0.1, 0.15) is 5.82 Å². The van der Waals surface area contributed by atoms with Gasteiger partial charge >= 0.3 is 0 Å². The number of aliphatic hydroxyl groups excluding tert-OH is 1. The monoisotopic (exact) mass is 270 g/mol. The topological polar surface area (TPSA) is 20.2 Å². The summed E-state index contributed by atoms with van der Waals surface area (Å²) < 4.78 is 14.0. The number of benzene rings is 2. The second kappa shape index (κ2) is 5.37. The first-order valence-corrected chi connectivity index (χ1v) is 7.19. The van der Waals surface area contributed by atoms with Crippen molar-refractivity contribution in [1.82, 2.24) is 0 Å². The summed E-state index contributed by atoms with van der Waals surface area (Å²) in [5.41, 5.74) is 4.87. The average Bonchev–Trinajstić information content (AvgIpc) is 2.89. The molecule has 0 saturated heterocycles. The lowest BCUT2D eigenvalue weighted by atomic mass is 9.97. The first-order valence-electron chi connectivity index (χ1n) is 7.19. The molecule has 2 aromatic carbocycles. The molecule has 1 nitrogen and oxygen atoms in total. The van der Waals surface area contributed by atoms with Gasteiger partial charge in [0.15, 0.2) is 0 Å². The molecule has 104 valence electrons.